The molecule has 3 N–H and O–H groups in total. The molecule has 1 atom stereocenters. The zero-order chi connectivity index (χ0) is 12.4. The van der Waals surface area contributed by atoms with Gasteiger partial charge in [0.2, 0.25) is 0 Å². The minimum absolute atomic E-state index is 0.324. The first-order chi connectivity index (χ1) is 8.81. The Labute approximate surface area is 109 Å². The molecule has 0 spiro atoms. The summed E-state index contributed by atoms with van der Waals surface area (Å²) in [4.78, 5) is 6.78. The van der Waals surface area contributed by atoms with Gasteiger partial charge in [0.05, 0.1) is 0 Å². The molecule has 98 valence electrons. The lowest BCUT2D eigenvalue weighted by Crippen LogP contribution is -2.26. The third-order valence-electron chi connectivity index (χ3n) is 4.04. The summed E-state index contributed by atoms with van der Waals surface area (Å²) in [5, 5.41) is 3.55. The molecule has 1 aromatic rings. The maximum Gasteiger partial charge on any atom is 0.128 e. The summed E-state index contributed by atoms with van der Waals surface area (Å²) in [6.07, 6.45) is 8.24. The topological polar surface area (TPSA) is 54.2 Å². The second-order valence-corrected chi connectivity index (χ2v) is 5.52. The van der Waals surface area contributed by atoms with Gasteiger partial charge in [-0.2, -0.15) is 0 Å². The minimum Gasteiger partial charge on any atom is -0.370 e. The van der Waals surface area contributed by atoms with Gasteiger partial charge in [0.1, 0.15) is 5.82 Å². The Bertz CT molecular complexity index is 401. The van der Waals surface area contributed by atoms with Crippen LogP contribution in [0.4, 0.5) is 11.5 Å². The van der Waals surface area contributed by atoms with Gasteiger partial charge in [0, 0.05) is 43.1 Å². The highest BCUT2D eigenvalue weighted by Gasteiger charge is 2.20. The average Bonchev–Trinajstić information content (AvgIpc) is 3.01. The third kappa shape index (κ3) is 2.58. The first-order valence-corrected chi connectivity index (χ1v) is 7.04. The summed E-state index contributed by atoms with van der Waals surface area (Å²) in [6, 6.07) is 5.19. The van der Waals surface area contributed by atoms with Crippen molar-refractivity contribution in [2.24, 2.45) is 5.73 Å². The first kappa shape index (κ1) is 11.8. The van der Waals surface area contributed by atoms with Crippen LogP contribution in [0.5, 0.6) is 0 Å². The van der Waals surface area contributed by atoms with Gasteiger partial charge in [-0.05, 0) is 25.3 Å². The smallest absolute Gasteiger partial charge is 0.128 e. The fourth-order valence-corrected chi connectivity index (χ4v) is 3.00. The van der Waals surface area contributed by atoms with Crippen molar-refractivity contribution < 1.29 is 0 Å². The Balaban J connectivity index is 1.68. The molecule has 1 aliphatic heterocycles. The Morgan fingerprint density at radius 3 is 2.83 bits per heavy atom. The van der Waals surface area contributed by atoms with E-state index in [2.05, 4.69) is 27.3 Å². The lowest BCUT2D eigenvalue weighted by Gasteiger charge is -2.19. The summed E-state index contributed by atoms with van der Waals surface area (Å²) in [6.45, 7) is 2.03. The van der Waals surface area contributed by atoms with Crippen molar-refractivity contribution in [3.8, 4) is 0 Å². The largest absolute Gasteiger partial charge is 0.370 e. The Morgan fingerprint density at radius 1 is 1.28 bits per heavy atom. The van der Waals surface area contributed by atoms with Crippen LogP contribution >= 0.6 is 0 Å². The molecule has 0 amide bonds. The van der Waals surface area contributed by atoms with Crippen molar-refractivity contribution in [1.29, 1.82) is 0 Å². The molecule has 4 heteroatoms. The number of aromatic nitrogens is 1. The van der Waals surface area contributed by atoms with Crippen LogP contribution < -0.4 is 16.0 Å². The Kier molecular flexibility index (Phi) is 3.37. The van der Waals surface area contributed by atoms with Crippen molar-refractivity contribution >= 4 is 11.5 Å². The van der Waals surface area contributed by atoms with Crippen molar-refractivity contribution in [2.75, 3.05) is 23.3 Å². The predicted octanol–water partition coefficient (Wildman–Crippen LogP) is 1.97. The first-order valence-electron chi connectivity index (χ1n) is 7.04. The second-order valence-electron chi connectivity index (χ2n) is 5.52. The lowest BCUT2D eigenvalue weighted by atomic mass is 10.2. The van der Waals surface area contributed by atoms with E-state index in [0.717, 1.165) is 25.3 Å². The highest BCUT2D eigenvalue weighted by Crippen LogP contribution is 2.25. The van der Waals surface area contributed by atoms with E-state index in [1.165, 1.54) is 31.4 Å². The molecule has 18 heavy (non-hydrogen) atoms. The van der Waals surface area contributed by atoms with Crippen LogP contribution in [-0.4, -0.2) is 30.2 Å². The molecule has 0 unspecified atom stereocenters. The number of anilines is 2. The van der Waals surface area contributed by atoms with E-state index in [1.54, 1.807) is 0 Å². The summed E-state index contributed by atoms with van der Waals surface area (Å²) in [5.74, 6) is 1.01. The van der Waals surface area contributed by atoms with E-state index in [9.17, 15) is 0 Å². The normalized spacial score (nSPS) is 24.7. The summed E-state index contributed by atoms with van der Waals surface area (Å²) < 4.78 is 0. The molecular formula is C14H22N4. The predicted molar refractivity (Wildman–Crippen MR) is 74.9 cm³/mol. The number of nitrogens with one attached hydrogen (secondary N) is 1. The molecule has 1 aromatic heterocycles. The van der Waals surface area contributed by atoms with Gasteiger partial charge in [0.15, 0.2) is 0 Å². The van der Waals surface area contributed by atoms with Crippen LogP contribution in [0.25, 0.3) is 0 Å². The quantitative estimate of drug-likeness (QED) is 0.856. The fourth-order valence-electron chi connectivity index (χ4n) is 3.00. The van der Waals surface area contributed by atoms with E-state index < -0.39 is 0 Å². The van der Waals surface area contributed by atoms with Crippen LogP contribution in [0.2, 0.25) is 0 Å². The highest BCUT2D eigenvalue weighted by atomic mass is 15.2. The number of nitrogens with zero attached hydrogens (tertiary/aromatic N) is 2. The fraction of sp³-hybridized carbons (Fsp3) is 0.643. The summed E-state index contributed by atoms with van der Waals surface area (Å²) >= 11 is 0. The zero-order valence-corrected chi connectivity index (χ0v) is 10.8. The molecule has 0 radical (unpaired) electrons. The van der Waals surface area contributed by atoms with Crippen molar-refractivity contribution in [2.45, 2.75) is 44.2 Å². The highest BCUT2D eigenvalue weighted by molar-refractivity contribution is 5.55. The van der Waals surface area contributed by atoms with E-state index >= 15 is 0 Å². The van der Waals surface area contributed by atoms with Crippen LogP contribution in [0.1, 0.15) is 32.1 Å². The molecule has 0 bridgehead atoms. The maximum absolute atomic E-state index is 5.96. The van der Waals surface area contributed by atoms with Gasteiger partial charge in [-0.15, -0.1) is 0 Å². The molecule has 4 nitrogen and oxygen atoms in total. The number of hydrogen-bond acceptors (Lipinski definition) is 4. The Morgan fingerprint density at radius 2 is 2.11 bits per heavy atom. The molecular weight excluding hydrogens is 224 g/mol. The van der Waals surface area contributed by atoms with Gasteiger partial charge in [-0.25, -0.2) is 4.98 Å². The van der Waals surface area contributed by atoms with Crippen molar-refractivity contribution in [3.05, 3.63) is 18.3 Å². The number of pyridine rings is 1. The molecule has 1 saturated carbocycles. The molecule has 1 saturated heterocycles. The molecule has 3 rings (SSSR count). The van der Waals surface area contributed by atoms with E-state index in [1.807, 2.05) is 6.20 Å². The van der Waals surface area contributed by atoms with Crippen LogP contribution in [0.3, 0.4) is 0 Å². The second kappa shape index (κ2) is 5.14. The van der Waals surface area contributed by atoms with Crippen molar-refractivity contribution in [3.63, 3.8) is 0 Å². The molecule has 2 heterocycles. The zero-order valence-electron chi connectivity index (χ0n) is 10.8. The van der Waals surface area contributed by atoms with Gasteiger partial charge in [-0.3, -0.25) is 0 Å². The average molecular weight is 246 g/mol. The number of hydrogen-bond donors (Lipinski definition) is 2. The van der Waals surface area contributed by atoms with Gasteiger partial charge in [0.25, 0.3) is 0 Å². The number of rotatable bonds is 3. The van der Waals surface area contributed by atoms with Crippen LogP contribution in [0.15, 0.2) is 18.3 Å². The molecule has 2 fully saturated rings. The number of nitrogens with two attached hydrogens (primary N) is 1. The van der Waals surface area contributed by atoms with E-state index in [4.69, 9.17) is 5.73 Å². The van der Waals surface area contributed by atoms with Crippen LogP contribution in [0, 0.1) is 0 Å². The van der Waals surface area contributed by atoms with Gasteiger partial charge in [-0.1, -0.05) is 12.8 Å². The molecule has 1 aliphatic carbocycles. The monoisotopic (exact) mass is 246 g/mol. The van der Waals surface area contributed by atoms with Crippen molar-refractivity contribution in [1.82, 2.24) is 4.98 Å². The maximum atomic E-state index is 5.96. The van der Waals surface area contributed by atoms with Gasteiger partial charge >= 0.3 is 0 Å². The van der Waals surface area contributed by atoms with Crippen LogP contribution in [-0.2, 0) is 0 Å². The summed E-state index contributed by atoms with van der Waals surface area (Å²) in [5.41, 5.74) is 7.21. The molecule has 2 aliphatic rings. The van der Waals surface area contributed by atoms with Gasteiger partial charge < -0.3 is 16.0 Å². The Hall–Kier alpha value is -1.29. The third-order valence-corrected chi connectivity index (χ3v) is 4.04. The van der Waals surface area contributed by atoms with E-state index in [0.29, 0.717) is 12.1 Å². The SMILES string of the molecule is N[C@@H]1CCN(c2ccnc(NC3CCCC3)c2)C1. The standard InChI is InChI=1S/C14H22N4/c15-11-6-8-18(10-11)13-5-7-16-14(9-13)17-12-3-1-2-4-12/h5,7,9,11-12H,1-4,6,8,10,15H2,(H,16,17)/t11-/m1/s1. The summed E-state index contributed by atoms with van der Waals surface area (Å²) in [7, 11) is 0. The molecule has 0 aromatic carbocycles. The minimum atomic E-state index is 0.324. The lowest BCUT2D eigenvalue weighted by molar-refractivity contribution is 0.749. The van der Waals surface area contributed by atoms with E-state index in [-0.39, 0.29) is 0 Å².